The van der Waals surface area contributed by atoms with Crippen LogP contribution >= 0.6 is 11.8 Å². The Hall–Kier alpha value is -4.09. The van der Waals surface area contributed by atoms with Crippen molar-refractivity contribution in [3.8, 4) is 28.6 Å². The molecule has 2 fully saturated rings. The summed E-state index contributed by atoms with van der Waals surface area (Å²) in [5, 5.41) is 20.6. The molecule has 2 unspecified atom stereocenters. The Bertz CT molecular complexity index is 1900. The topological polar surface area (TPSA) is 138 Å². The molecule has 7 rings (SSSR count). The van der Waals surface area contributed by atoms with E-state index in [4.69, 9.17) is 14.5 Å². The molecule has 0 amide bonds. The van der Waals surface area contributed by atoms with Gasteiger partial charge in [0.15, 0.2) is 5.16 Å². The molecule has 0 bridgehead atoms. The fraction of sp³-hybridized carbons (Fsp3) is 0.436. The van der Waals surface area contributed by atoms with Crippen molar-refractivity contribution in [1.29, 1.82) is 0 Å². The summed E-state index contributed by atoms with van der Waals surface area (Å²) < 4.78 is 39.0. The number of aliphatic hydroxyl groups excluding tert-OH is 2. The number of hydrogen-bond acceptors (Lipinski definition) is 11. The number of nitrogens with one attached hydrogen (secondary N) is 1. The number of halogens is 2. The number of nitrogens with zero attached hydrogens (tertiary/aromatic N) is 7. The maximum atomic E-state index is 13.5. The first kappa shape index (κ1) is 39.6. The number of aliphatic hydroxyl groups is 2. The van der Waals surface area contributed by atoms with Crippen molar-refractivity contribution in [2.45, 2.75) is 69.4 Å². The summed E-state index contributed by atoms with van der Waals surface area (Å²) in [6.45, 7) is 7.76. The molecule has 2 saturated heterocycles. The van der Waals surface area contributed by atoms with Gasteiger partial charge in [0.05, 0.1) is 5.69 Å². The third-order valence-corrected chi connectivity index (χ3v) is 10.3. The normalized spacial score (nSPS) is 17.2. The maximum Gasteiger partial charge on any atom is 0.216 e. The van der Waals surface area contributed by atoms with Gasteiger partial charge in [-0.05, 0) is 100 Å². The van der Waals surface area contributed by atoms with E-state index in [0.717, 1.165) is 91.8 Å². The summed E-state index contributed by atoms with van der Waals surface area (Å²) in [5.41, 5.74) is 3.76. The van der Waals surface area contributed by atoms with Crippen LogP contribution < -0.4 is 0 Å². The summed E-state index contributed by atoms with van der Waals surface area (Å²) in [6, 6.07) is 14.5. The first-order valence-electron chi connectivity index (χ1n) is 18.4. The second-order valence-electron chi connectivity index (χ2n) is 13.1. The Morgan fingerprint density at radius 3 is 1.89 bits per heavy atom. The smallest absolute Gasteiger partial charge is 0.216 e. The minimum absolute atomic E-state index is 0.249. The molecule has 3 N–H and O–H groups in total. The molecule has 5 aromatic rings. The van der Waals surface area contributed by atoms with Crippen LogP contribution in [0.4, 0.5) is 8.78 Å². The molecule has 3 aromatic heterocycles. The molecule has 2 aliphatic heterocycles. The van der Waals surface area contributed by atoms with Crippen LogP contribution in [0.25, 0.3) is 28.6 Å². The number of hydrogen-bond donors (Lipinski definition) is 3. The van der Waals surface area contributed by atoms with Crippen molar-refractivity contribution in [3.05, 3.63) is 96.2 Å². The number of rotatable bonds is 12. The maximum absolute atomic E-state index is 13.5. The minimum Gasteiger partial charge on any atom is -0.356 e. The number of piperidine rings is 2. The SMILES string of the molecule is CCOC(O)N1CCC(c2cn(-c3ccnc(SC)n3)c(-c3ccc(F)cc3)n2)CC1.CCOC(O)N1CCC(c2cnc(-c3ccc(F)cc3)[nH]2)CC1. The number of H-pyrrole nitrogens is 1. The van der Waals surface area contributed by atoms with Gasteiger partial charge in [-0.1, -0.05) is 11.8 Å². The van der Waals surface area contributed by atoms with Crippen LogP contribution in [0, 0.1) is 11.6 Å². The Labute approximate surface area is 318 Å². The highest BCUT2D eigenvalue weighted by Crippen LogP contribution is 2.33. The molecule has 288 valence electrons. The number of aromatic nitrogens is 6. The minimum atomic E-state index is -0.857. The second kappa shape index (κ2) is 19.0. The Balaban J connectivity index is 0.000000193. The van der Waals surface area contributed by atoms with Crippen molar-refractivity contribution < 1.29 is 28.5 Å². The van der Waals surface area contributed by atoms with Gasteiger partial charge >= 0.3 is 0 Å². The molecule has 0 saturated carbocycles. The van der Waals surface area contributed by atoms with E-state index in [1.165, 1.54) is 36.0 Å². The summed E-state index contributed by atoms with van der Waals surface area (Å²) >= 11 is 1.48. The third kappa shape index (κ3) is 9.96. The van der Waals surface area contributed by atoms with Gasteiger partial charge in [-0.15, -0.1) is 0 Å². The van der Waals surface area contributed by atoms with Crippen LogP contribution in [-0.2, 0) is 9.47 Å². The van der Waals surface area contributed by atoms with E-state index < -0.39 is 12.8 Å². The molecule has 54 heavy (non-hydrogen) atoms. The van der Waals surface area contributed by atoms with Gasteiger partial charge in [0.25, 0.3) is 0 Å². The van der Waals surface area contributed by atoms with E-state index in [9.17, 15) is 19.0 Å². The van der Waals surface area contributed by atoms with Gasteiger partial charge in [-0.3, -0.25) is 14.4 Å². The van der Waals surface area contributed by atoms with Gasteiger partial charge in [-0.2, -0.15) is 0 Å². The van der Waals surface area contributed by atoms with Gasteiger partial charge in [-0.25, -0.2) is 28.7 Å². The first-order chi connectivity index (χ1) is 26.3. The number of likely N-dealkylation sites (tertiary alicyclic amines) is 2. The quantitative estimate of drug-likeness (QED) is 0.0741. The van der Waals surface area contributed by atoms with E-state index in [1.54, 1.807) is 30.5 Å². The molecule has 2 aliphatic rings. The first-order valence-corrected chi connectivity index (χ1v) is 19.6. The zero-order valence-electron chi connectivity index (χ0n) is 30.8. The Kier molecular flexibility index (Phi) is 13.9. The third-order valence-electron chi connectivity index (χ3n) is 9.76. The molecular formula is C39H48F2N8O4S. The summed E-state index contributed by atoms with van der Waals surface area (Å²) in [6.07, 6.45) is 9.49. The van der Waals surface area contributed by atoms with E-state index in [1.807, 2.05) is 52.9 Å². The lowest BCUT2D eigenvalue weighted by molar-refractivity contribution is -0.195. The van der Waals surface area contributed by atoms with Gasteiger partial charge in [0.1, 0.15) is 29.1 Å². The highest BCUT2D eigenvalue weighted by atomic mass is 32.2. The number of benzene rings is 2. The number of aromatic amines is 1. The predicted molar refractivity (Wildman–Crippen MR) is 203 cm³/mol. The lowest BCUT2D eigenvalue weighted by Crippen LogP contribution is -2.42. The number of ether oxygens (including phenoxy) is 2. The Morgan fingerprint density at radius 1 is 0.778 bits per heavy atom. The highest BCUT2D eigenvalue weighted by Gasteiger charge is 2.28. The van der Waals surface area contributed by atoms with Crippen LogP contribution in [0.5, 0.6) is 0 Å². The fourth-order valence-electron chi connectivity index (χ4n) is 6.79. The van der Waals surface area contributed by atoms with Crippen LogP contribution in [0.3, 0.4) is 0 Å². The largest absolute Gasteiger partial charge is 0.356 e. The van der Waals surface area contributed by atoms with Crippen LogP contribution in [0.1, 0.15) is 62.8 Å². The lowest BCUT2D eigenvalue weighted by Gasteiger charge is -2.34. The monoisotopic (exact) mass is 762 g/mol. The van der Waals surface area contributed by atoms with Crippen molar-refractivity contribution in [1.82, 2.24) is 39.3 Å². The van der Waals surface area contributed by atoms with Crippen molar-refractivity contribution in [2.24, 2.45) is 0 Å². The summed E-state index contributed by atoms with van der Waals surface area (Å²) in [4.78, 5) is 25.4. The Morgan fingerprint density at radius 2 is 1.33 bits per heavy atom. The van der Waals surface area contributed by atoms with E-state index in [2.05, 4.69) is 19.9 Å². The average molecular weight is 763 g/mol. The van der Waals surface area contributed by atoms with Gasteiger partial charge < -0.3 is 24.7 Å². The molecule has 5 heterocycles. The summed E-state index contributed by atoms with van der Waals surface area (Å²) in [7, 11) is 0. The number of thioether (sulfide) groups is 1. The molecule has 12 nitrogen and oxygen atoms in total. The molecule has 15 heteroatoms. The molecule has 0 radical (unpaired) electrons. The van der Waals surface area contributed by atoms with E-state index in [0.29, 0.717) is 24.3 Å². The lowest BCUT2D eigenvalue weighted by atomic mass is 9.94. The summed E-state index contributed by atoms with van der Waals surface area (Å²) in [5.74, 6) is 2.32. The van der Waals surface area contributed by atoms with Gasteiger partial charge in [0.2, 0.25) is 12.8 Å². The average Bonchev–Trinajstić information content (AvgIpc) is 3.88. The van der Waals surface area contributed by atoms with Gasteiger partial charge in [0, 0.05) is 86.6 Å². The molecule has 0 aliphatic carbocycles. The molecule has 2 atom stereocenters. The molecular weight excluding hydrogens is 715 g/mol. The van der Waals surface area contributed by atoms with Crippen molar-refractivity contribution in [2.75, 3.05) is 45.6 Å². The van der Waals surface area contributed by atoms with Crippen LogP contribution in [0.15, 0.2) is 78.3 Å². The highest BCUT2D eigenvalue weighted by molar-refractivity contribution is 7.98. The van der Waals surface area contributed by atoms with Crippen LogP contribution in [-0.4, -0.2) is 108 Å². The zero-order chi connectivity index (χ0) is 38.0. The predicted octanol–water partition coefficient (Wildman–Crippen LogP) is 6.39. The van der Waals surface area contributed by atoms with E-state index in [-0.39, 0.29) is 17.6 Å². The zero-order valence-corrected chi connectivity index (χ0v) is 31.6. The standard InChI is InChI=1S/C22H26FN5O2S.C17H22FN3O2/c1-3-30-22(29)27-12-9-15(10-13-27)18-14-28(19-8-11-24-21(26-19)31-2)20(25-18)16-4-6-17(23)7-5-16;1-2-23-17(22)21-9-7-12(8-10-21)15-11-19-16(20-15)13-3-5-14(18)6-4-13/h4-8,11,14-15,22,29H,3,9-10,12-13H2,1-2H3;3-6,11-12,17,22H,2,7-10H2,1H3,(H,19,20). The second-order valence-corrected chi connectivity index (χ2v) is 13.9. The van der Waals surface area contributed by atoms with Crippen LogP contribution in [0.2, 0.25) is 0 Å². The fourth-order valence-corrected chi connectivity index (χ4v) is 7.14. The number of imidazole rings is 2. The van der Waals surface area contributed by atoms with Crippen molar-refractivity contribution in [3.63, 3.8) is 0 Å². The molecule has 2 aromatic carbocycles. The molecule has 0 spiro atoms. The van der Waals surface area contributed by atoms with E-state index >= 15 is 0 Å². The van der Waals surface area contributed by atoms with Crippen molar-refractivity contribution >= 4 is 11.8 Å².